The number of hydrogen-bond donors (Lipinski definition) is 14. The van der Waals surface area contributed by atoms with Crippen molar-refractivity contribution < 1.29 is 48.9 Å². The van der Waals surface area contributed by atoms with Gasteiger partial charge >= 0.3 is 5.97 Å². The molecule has 0 aliphatic heterocycles. The number of aliphatic hydroxyl groups excluding tert-OH is 1. The number of carboxylic acid groups (broad SMARTS) is 1. The van der Waals surface area contributed by atoms with Gasteiger partial charge in [0, 0.05) is 25.9 Å². The summed E-state index contributed by atoms with van der Waals surface area (Å²) in [6.45, 7) is -0.842. The van der Waals surface area contributed by atoms with Gasteiger partial charge in [-0.2, -0.15) is 0 Å². The van der Waals surface area contributed by atoms with Crippen molar-refractivity contribution in [3.8, 4) is 5.75 Å². The molecule has 0 unspecified atom stereocenters. The predicted octanol–water partition coefficient (Wildman–Crippen LogP) is -4.62. The van der Waals surface area contributed by atoms with E-state index in [1.54, 1.807) is 42.5 Å². The maximum Gasteiger partial charge on any atom is 0.326 e. The fourth-order valence-corrected chi connectivity index (χ4v) is 5.69. The molecule has 0 aromatic heterocycles. The number of aromatic hydroxyl groups is 1. The van der Waals surface area contributed by atoms with Crippen LogP contribution < -0.4 is 61.0 Å². The van der Waals surface area contributed by atoms with E-state index in [4.69, 9.17) is 34.4 Å². The number of aliphatic imine (C=N–C) groups is 2. The van der Waals surface area contributed by atoms with Crippen molar-refractivity contribution in [2.24, 2.45) is 44.4 Å². The molecule has 0 heterocycles. The van der Waals surface area contributed by atoms with Crippen LogP contribution in [0.2, 0.25) is 0 Å². The molecular formula is C38H57N13O10. The van der Waals surface area contributed by atoms with E-state index < -0.39 is 84.3 Å². The summed E-state index contributed by atoms with van der Waals surface area (Å²) in [7, 11) is 0. The van der Waals surface area contributed by atoms with E-state index in [0.717, 1.165) is 0 Å². The third kappa shape index (κ3) is 19.5. The summed E-state index contributed by atoms with van der Waals surface area (Å²) in [5.74, 6) is -7.15. The zero-order valence-electron chi connectivity index (χ0n) is 33.5. The molecule has 0 bridgehead atoms. The number of guanidine groups is 2. The molecule has 23 nitrogen and oxygen atoms in total. The number of nitrogens with zero attached hydrogens (tertiary/aromatic N) is 2. The van der Waals surface area contributed by atoms with Crippen LogP contribution in [-0.2, 0) is 46.4 Å². The molecule has 6 amide bonds. The number of aliphatic hydroxyl groups is 1. The van der Waals surface area contributed by atoms with Crippen molar-refractivity contribution in [1.82, 2.24) is 26.6 Å². The quantitative estimate of drug-likeness (QED) is 0.0228. The molecule has 0 spiro atoms. The summed E-state index contributed by atoms with van der Waals surface area (Å²) < 4.78 is 0. The Morgan fingerprint density at radius 2 is 1.00 bits per heavy atom. The summed E-state index contributed by atoms with van der Waals surface area (Å²) in [6, 6.07) is 5.84. The standard InChI is InChI=1S/C38H57N13O10/c39-24(18-22-10-12-23(53)13-11-22)31(55)47-26(14-15-30(40)54)33(57)48-25(8-4-16-45-37(41)42)32(56)50-28(19-21-6-2-1-3-7-21)34(58)51-29(20-52)35(59)49-27(36(60)61)9-5-17-46-38(43)44/h1-3,6-7,10-13,24-29,52-53H,4-5,8-9,14-20,39H2,(H2,40,54)(H,47,55)(H,48,57)(H,49,59)(H,50,56)(H,51,58)(H,60,61)(H4,41,42,45)(H4,43,44,46)/t24-,25-,26-,27-,28-,29-/m0/s1. The highest BCUT2D eigenvalue weighted by molar-refractivity contribution is 5.96. The Bertz CT molecular complexity index is 1840. The summed E-state index contributed by atoms with van der Waals surface area (Å²) in [4.78, 5) is 99.1. The zero-order chi connectivity index (χ0) is 45.5. The van der Waals surface area contributed by atoms with Crippen LogP contribution in [0.4, 0.5) is 0 Å². The molecule has 334 valence electrons. The number of carbonyl (C=O) groups excluding carboxylic acids is 6. The van der Waals surface area contributed by atoms with Crippen molar-refractivity contribution in [3.63, 3.8) is 0 Å². The molecule has 0 aliphatic carbocycles. The fraction of sp³-hybridized carbons (Fsp3) is 0.447. The van der Waals surface area contributed by atoms with Crippen molar-refractivity contribution >= 4 is 53.3 Å². The van der Waals surface area contributed by atoms with Gasteiger partial charge in [-0.3, -0.25) is 38.8 Å². The van der Waals surface area contributed by atoms with Crippen molar-refractivity contribution in [3.05, 3.63) is 65.7 Å². The van der Waals surface area contributed by atoms with Gasteiger partial charge in [0.1, 0.15) is 36.0 Å². The second-order valence-corrected chi connectivity index (χ2v) is 13.9. The fourth-order valence-electron chi connectivity index (χ4n) is 5.69. The molecule has 0 saturated heterocycles. The molecule has 0 aliphatic rings. The second kappa shape index (κ2) is 26.2. The largest absolute Gasteiger partial charge is 0.508 e. The maximum absolute atomic E-state index is 14.0. The Morgan fingerprint density at radius 1 is 0.557 bits per heavy atom. The third-order valence-electron chi connectivity index (χ3n) is 8.91. The summed E-state index contributed by atoms with van der Waals surface area (Å²) in [5.41, 5.74) is 34.1. The zero-order valence-corrected chi connectivity index (χ0v) is 33.5. The van der Waals surface area contributed by atoms with Gasteiger partial charge < -0.3 is 76.3 Å². The number of nitrogens with two attached hydrogens (primary N) is 6. The first kappa shape index (κ1) is 50.1. The molecule has 0 radical (unpaired) electrons. The third-order valence-corrected chi connectivity index (χ3v) is 8.91. The van der Waals surface area contributed by atoms with Crippen LogP contribution >= 0.6 is 0 Å². The van der Waals surface area contributed by atoms with Crippen LogP contribution in [0.5, 0.6) is 5.75 Å². The number of amides is 6. The first-order chi connectivity index (χ1) is 28.9. The van der Waals surface area contributed by atoms with E-state index in [1.165, 1.54) is 12.1 Å². The number of nitrogens with one attached hydrogen (secondary N) is 5. The molecular weight excluding hydrogens is 798 g/mol. The van der Waals surface area contributed by atoms with E-state index in [2.05, 4.69) is 36.6 Å². The topological polar surface area (TPSA) is 421 Å². The SMILES string of the molecule is NC(=O)CC[C@H](NC(=O)[C@@H](N)Cc1ccc(O)cc1)C(=O)N[C@@H](CCCN=C(N)N)C(=O)N[C@@H](Cc1ccccc1)C(=O)N[C@@H](CO)C(=O)N[C@@H](CCCN=C(N)N)C(=O)O. The van der Waals surface area contributed by atoms with E-state index in [1.807, 2.05) is 0 Å². The van der Waals surface area contributed by atoms with Crippen LogP contribution in [0, 0.1) is 0 Å². The molecule has 20 N–H and O–H groups in total. The average Bonchev–Trinajstić information content (AvgIpc) is 3.20. The maximum atomic E-state index is 14.0. The first-order valence-electron chi connectivity index (χ1n) is 19.2. The van der Waals surface area contributed by atoms with Gasteiger partial charge in [-0.25, -0.2) is 4.79 Å². The van der Waals surface area contributed by atoms with Gasteiger partial charge in [-0.05, 0) is 61.8 Å². The molecule has 0 saturated carbocycles. The van der Waals surface area contributed by atoms with Gasteiger partial charge in [0.2, 0.25) is 35.4 Å². The summed E-state index contributed by atoms with van der Waals surface area (Å²) in [5, 5.41) is 41.5. The minimum Gasteiger partial charge on any atom is -0.508 e. The van der Waals surface area contributed by atoms with Crippen molar-refractivity contribution in [2.75, 3.05) is 19.7 Å². The molecule has 2 aromatic carbocycles. The number of carboxylic acids is 1. The van der Waals surface area contributed by atoms with Crippen LogP contribution in [0.25, 0.3) is 0 Å². The number of carbonyl (C=O) groups is 7. The average molecular weight is 856 g/mol. The lowest BCUT2D eigenvalue weighted by Crippen LogP contribution is -2.60. The van der Waals surface area contributed by atoms with Gasteiger partial charge in [0.05, 0.1) is 12.6 Å². The summed E-state index contributed by atoms with van der Waals surface area (Å²) >= 11 is 0. The monoisotopic (exact) mass is 855 g/mol. The van der Waals surface area contributed by atoms with E-state index in [9.17, 15) is 48.9 Å². The Hall–Kier alpha value is -7.01. The smallest absolute Gasteiger partial charge is 0.326 e. The number of primary amides is 1. The number of phenols is 1. The Morgan fingerprint density at radius 3 is 1.52 bits per heavy atom. The Labute approximate surface area is 351 Å². The first-order valence-corrected chi connectivity index (χ1v) is 19.2. The van der Waals surface area contributed by atoms with Gasteiger partial charge in [0.15, 0.2) is 11.9 Å². The Balaban J connectivity index is 2.35. The van der Waals surface area contributed by atoms with Gasteiger partial charge in [-0.15, -0.1) is 0 Å². The van der Waals surface area contributed by atoms with Crippen LogP contribution in [0.1, 0.15) is 49.7 Å². The number of phenolic OH excluding ortho intramolecular Hbond substituents is 1. The molecule has 2 rings (SSSR count). The van der Waals surface area contributed by atoms with Gasteiger partial charge in [0.25, 0.3) is 0 Å². The lowest BCUT2D eigenvalue weighted by Gasteiger charge is -2.27. The molecule has 6 atom stereocenters. The number of benzene rings is 2. The highest BCUT2D eigenvalue weighted by Gasteiger charge is 2.33. The van der Waals surface area contributed by atoms with Crippen LogP contribution in [0.15, 0.2) is 64.6 Å². The highest BCUT2D eigenvalue weighted by atomic mass is 16.4. The number of aliphatic carboxylic acids is 1. The second-order valence-electron chi connectivity index (χ2n) is 13.9. The lowest BCUT2D eigenvalue weighted by molar-refractivity contribution is -0.142. The van der Waals surface area contributed by atoms with E-state index >= 15 is 0 Å². The highest BCUT2D eigenvalue weighted by Crippen LogP contribution is 2.12. The summed E-state index contributed by atoms with van der Waals surface area (Å²) in [6.07, 6.45) is -0.625. The van der Waals surface area contributed by atoms with Gasteiger partial charge in [-0.1, -0.05) is 42.5 Å². The number of rotatable bonds is 27. The van der Waals surface area contributed by atoms with Crippen LogP contribution in [-0.4, -0.2) is 125 Å². The molecule has 23 heteroatoms. The predicted molar refractivity (Wildman–Crippen MR) is 223 cm³/mol. The molecule has 0 fully saturated rings. The normalized spacial score (nSPS) is 13.7. The van der Waals surface area contributed by atoms with Crippen LogP contribution in [0.3, 0.4) is 0 Å². The van der Waals surface area contributed by atoms with E-state index in [-0.39, 0.29) is 82.1 Å². The molecule has 2 aromatic rings. The molecule has 61 heavy (non-hydrogen) atoms. The van der Waals surface area contributed by atoms with E-state index in [0.29, 0.717) is 11.1 Å². The van der Waals surface area contributed by atoms with Crippen molar-refractivity contribution in [2.45, 2.75) is 87.6 Å². The van der Waals surface area contributed by atoms with Crippen molar-refractivity contribution in [1.29, 1.82) is 0 Å². The Kier molecular flexibility index (Phi) is 21.5. The number of hydrogen-bond acceptors (Lipinski definition) is 12. The lowest BCUT2D eigenvalue weighted by atomic mass is 10.0. The minimum absolute atomic E-state index is 0.00539. The minimum atomic E-state index is -1.66.